The van der Waals surface area contributed by atoms with Crippen LogP contribution in [0.2, 0.25) is 0 Å². The molecule has 24 heavy (non-hydrogen) atoms. The molecule has 1 saturated heterocycles. The number of aryl methyl sites for hydroxylation is 1. The normalized spacial score (nSPS) is 18.1. The number of piperidine rings is 1. The van der Waals surface area contributed by atoms with Crippen LogP contribution in [0.15, 0.2) is 30.5 Å². The molecule has 4 nitrogen and oxygen atoms in total. The van der Waals surface area contributed by atoms with Gasteiger partial charge in [-0.3, -0.25) is 4.79 Å². The molecular formula is C17H19F3N2O2. The van der Waals surface area contributed by atoms with Crippen molar-refractivity contribution in [2.75, 3.05) is 13.1 Å². The second kappa shape index (κ2) is 6.12. The summed E-state index contributed by atoms with van der Waals surface area (Å²) in [7, 11) is 1.89. The molecule has 1 N–H and O–H groups in total. The van der Waals surface area contributed by atoms with E-state index in [1.54, 1.807) is 17.0 Å². The lowest BCUT2D eigenvalue weighted by Gasteiger charge is -2.34. The van der Waals surface area contributed by atoms with E-state index in [0.717, 1.165) is 10.9 Å². The molecule has 0 spiro atoms. The molecule has 1 aliphatic heterocycles. The van der Waals surface area contributed by atoms with E-state index in [1.807, 2.05) is 29.9 Å². The van der Waals surface area contributed by atoms with E-state index in [0.29, 0.717) is 5.56 Å². The average molecular weight is 340 g/mol. The summed E-state index contributed by atoms with van der Waals surface area (Å²) in [5.41, 5.74) is 1.49. The van der Waals surface area contributed by atoms with E-state index in [1.165, 1.54) is 0 Å². The molecular weight excluding hydrogens is 321 g/mol. The van der Waals surface area contributed by atoms with Gasteiger partial charge in [-0.2, -0.15) is 13.2 Å². The zero-order valence-electron chi connectivity index (χ0n) is 13.3. The van der Waals surface area contributed by atoms with Gasteiger partial charge in [-0.05, 0) is 37.0 Å². The zero-order valence-corrected chi connectivity index (χ0v) is 13.3. The highest BCUT2D eigenvalue weighted by Gasteiger charge is 2.44. The molecule has 0 bridgehead atoms. The van der Waals surface area contributed by atoms with Crippen molar-refractivity contribution in [2.24, 2.45) is 13.0 Å². The molecule has 2 heterocycles. The predicted octanol–water partition coefficient (Wildman–Crippen LogP) is 2.95. The molecule has 2 aromatic rings. The molecule has 1 unspecified atom stereocenters. The molecule has 1 amide bonds. The number of aliphatic hydroxyl groups excluding tert-OH is 1. The standard InChI is InChI=1S/C17H19F3N2O2/c1-21-8-7-12-13(3-2-4-14(12)21)16(24)22-9-5-11(6-10-22)15(23)17(18,19)20/h2-4,7-8,11,15,23H,5-6,9-10H2,1H3. The Balaban J connectivity index is 1.73. The number of amides is 1. The fraction of sp³-hybridized carbons (Fsp3) is 0.471. The maximum Gasteiger partial charge on any atom is 0.414 e. The number of benzene rings is 1. The molecule has 1 aromatic heterocycles. The molecule has 0 aliphatic carbocycles. The van der Waals surface area contributed by atoms with Crippen LogP contribution in [0.3, 0.4) is 0 Å². The third-order valence-electron chi connectivity index (χ3n) is 4.77. The molecule has 3 rings (SSSR count). The maximum absolute atomic E-state index is 12.7. The first-order valence-corrected chi connectivity index (χ1v) is 7.87. The van der Waals surface area contributed by atoms with Crippen molar-refractivity contribution in [3.63, 3.8) is 0 Å². The van der Waals surface area contributed by atoms with E-state index < -0.39 is 18.2 Å². The van der Waals surface area contributed by atoms with E-state index in [4.69, 9.17) is 0 Å². The number of nitrogens with zero attached hydrogens (tertiary/aromatic N) is 2. The summed E-state index contributed by atoms with van der Waals surface area (Å²) in [5, 5.41) is 10.2. The van der Waals surface area contributed by atoms with E-state index >= 15 is 0 Å². The number of rotatable bonds is 2. The summed E-state index contributed by atoms with van der Waals surface area (Å²) in [6, 6.07) is 7.32. The molecule has 1 aromatic carbocycles. The van der Waals surface area contributed by atoms with Crippen molar-refractivity contribution in [2.45, 2.75) is 25.1 Å². The van der Waals surface area contributed by atoms with Gasteiger partial charge in [0, 0.05) is 42.8 Å². The fourth-order valence-corrected chi connectivity index (χ4v) is 3.34. The monoisotopic (exact) mass is 340 g/mol. The van der Waals surface area contributed by atoms with Crippen molar-refractivity contribution in [3.8, 4) is 0 Å². The minimum atomic E-state index is -4.60. The summed E-state index contributed by atoms with van der Waals surface area (Å²) in [5.74, 6) is -1.02. The van der Waals surface area contributed by atoms with Gasteiger partial charge in [0.1, 0.15) is 0 Å². The van der Waals surface area contributed by atoms with Crippen LogP contribution in [0.1, 0.15) is 23.2 Å². The lowest BCUT2D eigenvalue weighted by molar-refractivity contribution is -0.222. The third-order valence-corrected chi connectivity index (χ3v) is 4.77. The third kappa shape index (κ3) is 3.00. The Kier molecular flexibility index (Phi) is 4.29. The summed E-state index contributed by atoms with van der Waals surface area (Å²) in [6.07, 6.45) is -4.75. The summed E-state index contributed by atoms with van der Waals surface area (Å²) < 4.78 is 39.7. The number of hydrogen-bond acceptors (Lipinski definition) is 2. The van der Waals surface area contributed by atoms with Crippen molar-refractivity contribution in [1.29, 1.82) is 0 Å². The molecule has 7 heteroatoms. The molecule has 1 atom stereocenters. The van der Waals surface area contributed by atoms with Crippen molar-refractivity contribution < 1.29 is 23.1 Å². The van der Waals surface area contributed by atoms with Crippen LogP contribution in [0.5, 0.6) is 0 Å². The highest BCUT2D eigenvalue weighted by molar-refractivity contribution is 6.06. The van der Waals surface area contributed by atoms with Crippen molar-refractivity contribution in [3.05, 3.63) is 36.0 Å². The van der Waals surface area contributed by atoms with Crippen LogP contribution < -0.4 is 0 Å². The van der Waals surface area contributed by atoms with Crippen LogP contribution in [0.4, 0.5) is 13.2 Å². The Bertz CT molecular complexity index is 746. The summed E-state index contributed by atoms with van der Waals surface area (Å²) >= 11 is 0. The van der Waals surface area contributed by atoms with Crippen LogP contribution in [0.25, 0.3) is 10.9 Å². The van der Waals surface area contributed by atoms with Gasteiger partial charge in [0.05, 0.1) is 0 Å². The number of hydrogen-bond donors (Lipinski definition) is 1. The molecule has 0 radical (unpaired) electrons. The van der Waals surface area contributed by atoms with E-state index in [2.05, 4.69) is 0 Å². The number of fused-ring (bicyclic) bond motifs is 1. The molecule has 0 saturated carbocycles. The lowest BCUT2D eigenvalue weighted by atomic mass is 9.90. The number of carbonyl (C=O) groups excluding carboxylic acids is 1. The van der Waals surface area contributed by atoms with Crippen LogP contribution >= 0.6 is 0 Å². The second-order valence-corrected chi connectivity index (χ2v) is 6.28. The molecule has 130 valence electrons. The first-order valence-electron chi connectivity index (χ1n) is 7.87. The Morgan fingerprint density at radius 3 is 2.54 bits per heavy atom. The molecule has 1 aliphatic rings. The highest BCUT2D eigenvalue weighted by Crippen LogP contribution is 2.32. The Labute approximate surface area is 137 Å². The second-order valence-electron chi connectivity index (χ2n) is 6.28. The highest BCUT2D eigenvalue weighted by atomic mass is 19.4. The van der Waals surface area contributed by atoms with Gasteiger partial charge >= 0.3 is 6.18 Å². The first-order chi connectivity index (χ1) is 11.3. The average Bonchev–Trinajstić information content (AvgIpc) is 2.94. The Morgan fingerprint density at radius 2 is 1.92 bits per heavy atom. The van der Waals surface area contributed by atoms with Crippen LogP contribution in [-0.4, -0.2) is 45.9 Å². The van der Waals surface area contributed by atoms with Crippen LogP contribution in [-0.2, 0) is 7.05 Å². The number of alkyl halides is 3. The summed E-state index contributed by atoms with van der Waals surface area (Å²) in [6.45, 7) is 0.444. The lowest BCUT2D eigenvalue weighted by Crippen LogP contribution is -2.45. The van der Waals surface area contributed by atoms with E-state index in [9.17, 15) is 23.1 Å². The quantitative estimate of drug-likeness (QED) is 0.914. The molecule has 1 fully saturated rings. The fourth-order valence-electron chi connectivity index (χ4n) is 3.34. The minimum Gasteiger partial charge on any atom is -0.383 e. The number of halogens is 3. The van der Waals surface area contributed by atoms with Crippen molar-refractivity contribution in [1.82, 2.24) is 9.47 Å². The predicted molar refractivity (Wildman–Crippen MR) is 83.6 cm³/mol. The maximum atomic E-state index is 12.7. The van der Waals surface area contributed by atoms with E-state index in [-0.39, 0.29) is 31.8 Å². The van der Waals surface area contributed by atoms with Gasteiger partial charge in [0.2, 0.25) is 0 Å². The SMILES string of the molecule is Cn1ccc2c(C(=O)N3CCC(C(O)C(F)(F)F)CC3)cccc21. The number of carbonyl (C=O) groups is 1. The summed E-state index contributed by atoms with van der Waals surface area (Å²) in [4.78, 5) is 14.3. The van der Waals surface area contributed by atoms with Gasteiger partial charge in [-0.1, -0.05) is 6.07 Å². The Hall–Kier alpha value is -2.02. The first kappa shape index (κ1) is 16.8. The zero-order chi connectivity index (χ0) is 17.5. The van der Waals surface area contributed by atoms with Crippen LogP contribution in [0, 0.1) is 5.92 Å². The van der Waals surface area contributed by atoms with Gasteiger partial charge < -0.3 is 14.6 Å². The number of aliphatic hydroxyl groups is 1. The van der Waals surface area contributed by atoms with Crippen molar-refractivity contribution >= 4 is 16.8 Å². The van der Waals surface area contributed by atoms with Gasteiger partial charge in [-0.25, -0.2) is 0 Å². The largest absolute Gasteiger partial charge is 0.414 e. The van der Waals surface area contributed by atoms with Gasteiger partial charge in [-0.15, -0.1) is 0 Å². The van der Waals surface area contributed by atoms with Gasteiger partial charge in [0.15, 0.2) is 6.10 Å². The Morgan fingerprint density at radius 1 is 1.25 bits per heavy atom. The number of likely N-dealkylation sites (tertiary alicyclic amines) is 1. The number of aromatic nitrogens is 1. The minimum absolute atomic E-state index is 0.150. The topological polar surface area (TPSA) is 45.5 Å². The van der Waals surface area contributed by atoms with Gasteiger partial charge in [0.25, 0.3) is 5.91 Å². The smallest absolute Gasteiger partial charge is 0.383 e.